The van der Waals surface area contributed by atoms with Gasteiger partial charge in [-0.2, -0.15) is 0 Å². The van der Waals surface area contributed by atoms with Gasteiger partial charge in [0.15, 0.2) is 0 Å². The van der Waals surface area contributed by atoms with E-state index in [2.05, 4.69) is 6.58 Å². The summed E-state index contributed by atoms with van der Waals surface area (Å²) >= 11 is 0. The molecule has 0 amide bonds. The first-order chi connectivity index (χ1) is 6.20. The molecule has 1 fully saturated rings. The molecular weight excluding hydrogens is 164 g/mol. The zero-order valence-electron chi connectivity index (χ0n) is 8.34. The van der Waals surface area contributed by atoms with Gasteiger partial charge in [0.2, 0.25) is 0 Å². The van der Waals surface area contributed by atoms with Crippen molar-refractivity contribution >= 4 is 5.78 Å². The molecule has 1 aliphatic heterocycles. The summed E-state index contributed by atoms with van der Waals surface area (Å²) < 4.78 is 5.21. The fraction of sp³-hybridized carbons (Fsp3) is 0.727. The van der Waals surface area contributed by atoms with E-state index in [1.54, 1.807) is 0 Å². The summed E-state index contributed by atoms with van der Waals surface area (Å²) in [4.78, 5) is 11.6. The molecule has 0 aromatic rings. The molecular formula is C11H18O2. The lowest BCUT2D eigenvalue weighted by atomic mass is 9.92. The van der Waals surface area contributed by atoms with Crippen LogP contribution >= 0.6 is 0 Å². The zero-order valence-corrected chi connectivity index (χ0v) is 8.34. The van der Waals surface area contributed by atoms with Crippen molar-refractivity contribution in [2.45, 2.75) is 32.6 Å². The highest BCUT2D eigenvalue weighted by molar-refractivity contribution is 5.81. The zero-order chi connectivity index (χ0) is 9.68. The maximum Gasteiger partial charge on any atom is 0.136 e. The second-order valence-corrected chi connectivity index (χ2v) is 3.81. The van der Waals surface area contributed by atoms with Gasteiger partial charge >= 0.3 is 0 Å². The third kappa shape index (κ3) is 3.73. The Bertz CT molecular complexity index is 190. The van der Waals surface area contributed by atoms with Crippen molar-refractivity contribution in [1.82, 2.24) is 0 Å². The minimum Gasteiger partial charge on any atom is -0.381 e. The van der Waals surface area contributed by atoms with Gasteiger partial charge in [0, 0.05) is 25.6 Å². The molecule has 74 valence electrons. The predicted molar refractivity (Wildman–Crippen MR) is 52.6 cm³/mol. The molecule has 0 spiro atoms. The summed E-state index contributed by atoms with van der Waals surface area (Å²) in [5.41, 5.74) is 1.10. The van der Waals surface area contributed by atoms with E-state index in [4.69, 9.17) is 4.74 Å². The van der Waals surface area contributed by atoms with Crippen LogP contribution in [0.3, 0.4) is 0 Å². The molecule has 0 aromatic heterocycles. The van der Waals surface area contributed by atoms with E-state index in [-0.39, 0.29) is 5.92 Å². The second-order valence-electron chi connectivity index (χ2n) is 3.81. The highest BCUT2D eigenvalue weighted by Crippen LogP contribution is 2.18. The van der Waals surface area contributed by atoms with Gasteiger partial charge in [-0.3, -0.25) is 4.79 Å². The molecule has 0 aromatic carbocycles. The third-order valence-corrected chi connectivity index (χ3v) is 2.47. The lowest BCUT2D eigenvalue weighted by Crippen LogP contribution is -2.23. The van der Waals surface area contributed by atoms with Crippen LogP contribution in [0.1, 0.15) is 32.6 Å². The van der Waals surface area contributed by atoms with E-state index in [1.807, 2.05) is 6.92 Å². The van der Waals surface area contributed by atoms with Crippen molar-refractivity contribution in [3.05, 3.63) is 12.2 Å². The number of rotatable bonds is 4. The normalized spacial score (nSPS) is 18.5. The van der Waals surface area contributed by atoms with Gasteiger partial charge in [0.05, 0.1) is 0 Å². The number of Topliss-reactive ketones (excluding diaryl/α,β-unsaturated/α-hetero) is 1. The number of carbonyl (C=O) groups is 1. The molecule has 0 unspecified atom stereocenters. The quantitative estimate of drug-likeness (QED) is 0.624. The van der Waals surface area contributed by atoms with Gasteiger partial charge in [-0.25, -0.2) is 0 Å². The SMILES string of the molecule is C=C(C)CCC(=O)C1CCOCC1. The van der Waals surface area contributed by atoms with E-state index in [9.17, 15) is 4.79 Å². The van der Waals surface area contributed by atoms with Crippen molar-refractivity contribution in [3.8, 4) is 0 Å². The Morgan fingerprint density at radius 1 is 1.38 bits per heavy atom. The van der Waals surface area contributed by atoms with Gasteiger partial charge < -0.3 is 4.74 Å². The van der Waals surface area contributed by atoms with Crippen LogP contribution in [0.2, 0.25) is 0 Å². The highest BCUT2D eigenvalue weighted by atomic mass is 16.5. The van der Waals surface area contributed by atoms with Crippen LogP contribution < -0.4 is 0 Å². The lowest BCUT2D eigenvalue weighted by molar-refractivity contribution is -0.125. The maximum atomic E-state index is 11.6. The Morgan fingerprint density at radius 2 is 2.00 bits per heavy atom. The fourth-order valence-electron chi connectivity index (χ4n) is 1.56. The van der Waals surface area contributed by atoms with Crippen LogP contribution in [0.25, 0.3) is 0 Å². The fourth-order valence-corrected chi connectivity index (χ4v) is 1.56. The Kier molecular flexibility index (Phi) is 4.16. The average Bonchev–Trinajstić information content (AvgIpc) is 2.15. The predicted octanol–water partition coefficient (Wildman–Crippen LogP) is 2.34. The van der Waals surface area contributed by atoms with E-state index < -0.39 is 0 Å². The first-order valence-electron chi connectivity index (χ1n) is 4.95. The third-order valence-electron chi connectivity index (χ3n) is 2.47. The number of hydrogen-bond donors (Lipinski definition) is 0. The Hall–Kier alpha value is -0.630. The van der Waals surface area contributed by atoms with Gasteiger partial charge in [0.1, 0.15) is 5.78 Å². The van der Waals surface area contributed by atoms with Crippen LogP contribution in [-0.2, 0) is 9.53 Å². The van der Waals surface area contributed by atoms with E-state index in [0.29, 0.717) is 12.2 Å². The number of hydrogen-bond acceptors (Lipinski definition) is 2. The molecule has 0 bridgehead atoms. The molecule has 0 atom stereocenters. The maximum absolute atomic E-state index is 11.6. The first kappa shape index (κ1) is 10.5. The molecule has 0 N–H and O–H groups in total. The standard InChI is InChI=1S/C11H18O2/c1-9(2)3-4-11(12)10-5-7-13-8-6-10/h10H,1,3-8H2,2H3. The Labute approximate surface area is 80.0 Å². The average molecular weight is 182 g/mol. The van der Waals surface area contributed by atoms with Crippen LogP contribution in [-0.4, -0.2) is 19.0 Å². The summed E-state index contributed by atoms with van der Waals surface area (Å²) in [5, 5.41) is 0. The smallest absolute Gasteiger partial charge is 0.136 e. The van der Waals surface area contributed by atoms with Crippen molar-refractivity contribution in [2.24, 2.45) is 5.92 Å². The molecule has 2 heteroatoms. The number of ketones is 1. The van der Waals surface area contributed by atoms with E-state index in [0.717, 1.165) is 38.0 Å². The van der Waals surface area contributed by atoms with Crippen molar-refractivity contribution in [1.29, 1.82) is 0 Å². The number of carbonyl (C=O) groups excluding carboxylic acids is 1. The van der Waals surface area contributed by atoms with Crippen LogP contribution in [0.5, 0.6) is 0 Å². The molecule has 2 nitrogen and oxygen atoms in total. The summed E-state index contributed by atoms with van der Waals surface area (Å²) in [6, 6.07) is 0. The molecule has 1 aliphatic rings. The Balaban J connectivity index is 2.25. The number of allylic oxidation sites excluding steroid dienone is 1. The van der Waals surface area contributed by atoms with Crippen LogP contribution in [0.15, 0.2) is 12.2 Å². The van der Waals surface area contributed by atoms with E-state index >= 15 is 0 Å². The first-order valence-corrected chi connectivity index (χ1v) is 4.95. The Morgan fingerprint density at radius 3 is 2.54 bits per heavy atom. The van der Waals surface area contributed by atoms with Gasteiger partial charge in [0.25, 0.3) is 0 Å². The minimum absolute atomic E-state index is 0.257. The monoisotopic (exact) mass is 182 g/mol. The number of ether oxygens (including phenoxy) is 1. The summed E-state index contributed by atoms with van der Waals surface area (Å²) in [5.74, 6) is 0.652. The largest absolute Gasteiger partial charge is 0.381 e. The summed E-state index contributed by atoms with van der Waals surface area (Å²) in [6.45, 7) is 7.27. The highest BCUT2D eigenvalue weighted by Gasteiger charge is 2.20. The van der Waals surface area contributed by atoms with Gasteiger partial charge in [-0.05, 0) is 26.2 Å². The topological polar surface area (TPSA) is 26.3 Å². The van der Waals surface area contributed by atoms with Crippen LogP contribution in [0.4, 0.5) is 0 Å². The molecule has 0 aliphatic carbocycles. The molecule has 1 heterocycles. The molecule has 0 saturated carbocycles. The summed E-state index contributed by atoms with van der Waals surface area (Å²) in [7, 11) is 0. The molecule has 1 rings (SSSR count). The van der Waals surface area contributed by atoms with E-state index in [1.165, 1.54) is 0 Å². The second kappa shape index (κ2) is 5.18. The molecule has 13 heavy (non-hydrogen) atoms. The minimum atomic E-state index is 0.257. The van der Waals surface area contributed by atoms with Crippen molar-refractivity contribution in [3.63, 3.8) is 0 Å². The van der Waals surface area contributed by atoms with Crippen molar-refractivity contribution < 1.29 is 9.53 Å². The summed E-state index contributed by atoms with van der Waals surface area (Å²) in [6.07, 6.45) is 3.33. The van der Waals surface area contributed by atoms with Gasteiger partial charge in [-0.15, -0.1) is 6.58 Å². The van der Waals surface area contributed by atoms with Crippen LogP contribution in [0, 0.1) is 5.92 Å². The molecule has 0 radical (unpaired) electrons. The van der Waals surface area contributed by atoms with Crippen molar-refractivity contribution in [2.75, 3.05) is 13.2 Å². The molecule has 1 saturated heterocycles. The van der Waals surface area contributed by atoms with Gasteiger partial charge in [-0.1, -0.05) is 5.57 Å². The lowest BCUT2D eigenvalue weighted by Gasteiger charge is -2.20.